The molecule has 1 saturated carbocycles. The quantitative estimate of drug-likeness (QED) is 0.792. The molecule has 2 fully saturated rings. The molecular formula is C14H24N2O3. The van der Waals surface area contributed by atoms with Crippen molar-refractivity contribution in [3.05, 3.63) is 0 Å². The average molecular weight is 268 g/mol. The Kier molecular flexibility index (Phi) is 4.80. The standard InChI is InChI=1S/C14H24N2O3/c17-12(15-11-14(19)7-3-4-8-14)10-16-9-5-1-2-6-13(16)18/h19H,1-11H2,(H,15,17). The minimum atomic E-state index is -0.724. The number of amides is 2. The first-order valence-electron chi connectivity index (χ1n) is 7.36. The van der Waals surface area contributed by atoms with Crippen molar-refractivity contribution >= 4 is 11.8 Å². The molecule has 1 aliphatic heterocycles. The van der Waals surface area contributed by atoms with Gasteiger partial charge in [-0.2, -0.15) is 0 Å². The zero-order valence-electron chi connectivity index (χ0n) is 11.5. The number of aliphatic hydroxyl groups is 1. The fourth-order valence-corrected chi connectivity index (χ4v) is 2.91. The second-order valence-electron chi connectivity index (χ2n) is 5.83. The maximum absolute atomic E-state index is 11.9. The van der Waals surface area contributed by atoms with Gasteiger partial charge in [-0.1, -0.05) is 19.3 Å². The van der Waals surface area contributed by atoms with Gasteiger partial charge in [0.05, 0.1) is 12.1 Å². The third-order valence-electron chi connectivity index (χ3n) is 4.15. The van der Waals surface area contributed by atoms with Crippen molar-refractivity contribution in [3.8, 4) is 0 Å². The lowest BCUT2D eigenvalue weighted by Crippen LogP contribution is -2.46. The molecule has 1 saturated heterocycles. The topological polar surface area (TPSA) is 69.6 Å². The van der Waals surface area contributed by atoms with Crippen LogP contribution < -0.4 is 5.32 Å². The molecule has 108 valence electrons. The van der Waals surface area contributed by atoms with Gasteiger partial charge in [-0.05, 0) is 25.7 Å². The Hall–Kier alpha value is -1.10. The van der Waals surface area contributed by atoms with Crippen LogP contribution in [0.1, 0.15) is 51.4 Å². The molecule has 2 aliphatic rings. The molecule has 1 aliphatic carbocycles. The Morgan fingerprint density at radius 2 is 1.95 bits per heavy atom. The van der Waals surface area contributed by atoms with E-state index in [1.165, 1.54) is 0 Å². The van der Waals surface area contributed by atoms with Gasteiger partial charge in [0, 0.05) is 19.5 Å². The summed E-state index contributed by atoms with van der Waals surface area (Å²) in [5.74, 6) is -0.0807. The van der Waals surface area contributed by atoms with Crippen LogP contribution in [0.3, 0.4) is 0 Å². The Morgan fingerprint density at radius 3 is 2.68 bits per heavy atom. The van der Waals surface area contributed by atoms with E-state index in [-0.39, 0.29) is 18.4 Å². The van der Waals surface area contributed by atoms with Gasteiger partial charge >= 0.3 is 0 Å². The van der Waals surface area contributed by atoms with Crippen LogP contribution in [-0.2, 0) is 9.59 Å². The summed E-state index contributed by atoms with van der Waals surface area (Å²) in [5, 5.41) is 12.9. The molecule has 0 aromatic carbocycles. The second kappa shape index (κ2) is 6.37. The summed E-state index contributed by atoms with van der Waals surface area (Å²) >= 11 is 0. The smallest absolute Gasteiger partial charge is 0.239 e. The molecule has 5 heteroatoms. The van der Waals surface area contributed by atoms with E-state index >= 15 is 0 Å². The van der Waals surface area contributed by atoms with Gasteiger partial charge in [0.15, 0.2) is 0 Å². The van der Waals surface area contributed by atoms with E-state index in [2.05, 4.69) is 5.32 Å². The monoisotopic (exact) mass is 268 g/mol. The van der Waals surface area contributed by atoms with Gasteiger partial charge in [0.2, 0.25) is 11.8 Å². The van der Waals surface area contributed by atoms with E-state index < -0.39 is 5.60 Å². The van der Waals surface area contributed by atoms with Crippen molar-refractivity contribution in [2.45, 2.75) is 57.0 Å². The molecule has 0 radical (unpaired) electrons. The fraction of sp³-hybridized carbons (Fsp3) is 0.857. The number of carbonyl (C=O) groups is 2. The van der Waals surface area contributed by atoms with Crippen LogP contribution in [0, 0.1) is 0 Å². The van der Waals surface area contributed by atoms with Crippen molar-refractivity contribution in [2.75, 3.05) is 19.6 Å². The normalized spacial score (nSPS) is 23.2. The molecule has 0 aromatic rings. The second-order valence-corrected chi connectivity index (χ2v) is 5.83. The molecule has 1 heterocycles. The lowest BCUT2D eigenvalue weighted by molar-refractivity contribution is -0.135. The Labute approximate surface area is 114 Å². The summed E-state index contributed by atoms with van der Waals surface area (Å²) in [6.45, 7) is 1.12. The Morgan fingerprint density at radius 1 is 1.21 bits per heavy atom. The molecule has 19 heavy (non-hydrogen) atoms. The number of carbonyl (C=O) groups excluding carboxylic acids is 2. The van der Waals surface area contributed by atoms with E-state index in [1.54, 1.807) is 4.90 Å². The summed E-state index contributed by atoms with van der Waals surface area (Å²) in [5.41, 5.74) is -0.724. The third-order valence-corrected chi connectivity index (χ3v) is 4.15. The zero-order valence-corrected chi connectivity index (χ0v) is 11.5. The van der Waals surface area contributed by atoms with E-state index in [0.717, 1.165) is 44.9 Å². The Balaban J connectivity index is 1.75. The van der Waals surface area contributed by atoms with Gasteiger partial charge in [0.25, 0.3) is 0 Å². The van der Waals surface area contributed by atoms with Crippen molar-refractivity contribution in [3.63, 3.8) is 0 Å². The maximum Gasteiger partial charge on any atom is 0.239 e. The molecule has 0 spiro atoms. The highest BCUT2D eigenvalue weighted by molar-refractivity contribution is 5.84. The predicted molar refractivity (Wildman–Crippen MR) is 71.5 cm³/mol. The van der Waals surface area contributed by atoms with Crippen LogP contribution in [0.25, 0.3) is 0 Å². The summed E-state index contributed by atoms with van der Waals surface area (Å²) < 4.78 is 0. The molecule has 2 rings (SSSR count). The largest absolute Gasteiger partial charge is 0.388 e. The highest BCUT2D eigenvalue weighted by Gasteiger charge is 2.31. The summed E-state index contributed by atoms with van der Waals surface area (Å²) in [6.07, 6.45) is 7.08. The first-order chi connectivity index (χ1) is 9.09. The number of nitrogens with one attached hydrogen (secondary N) is 1. The summed E-state index contributed by atoms with van der Waals surface area (Å²) in [4.78, 5) is 25.3. The molecule has 5 nitrogen and oxygen atoms in total. The van der Waals surface area contributed by atoms with Crippen molar-refractivity contribution < 1.29 is 14.7 Å². The van der Waals surface area contributed by atoms with Crippen LogP contribution in [0.2, 0.25) is 0 Å². The van der Waals surface area contributed by atoms with Crippen molar-refractivity contribution in [1.82, 2.24) is 10.2 Å². The van der Waals surface area contributed by atoms with Crippen molar-refractivity contribution in [1.29, 1.82) is 0 Å². The minimum absolute atomic E-state index is 0.0761. The highest BCUT2D eigenvalue weighted by Crippen LogP contribution is 2.28. The highest BCUT2D eigenvalue weighted by atomic mass is 16.3. The summed E-state index contributed by atoms with van der Waals surface area (Å²) in [6, 6.07) is 0. The number of likely N-dealkylation sites (tertiary alicyclic amines) is 1. The van der Waals surface area contributed by atoms with Gasteiger partial charge in [-0.3, -0.25) is 9.59 Å². The van der Waals surface area contributed by atoms with Crippen LogP contribution >= 0.6 is 0 Å². The first-order valence-corrected chi connectivity index (χ1v) is 7.36. The average Bonchev–Trinajstić information content (AvgIpc) is 2.72. The molecule has 0 bridgehead atoms. The minimum Gasteiger partial charge on any atom is -0.388 e. The molecular weight excluding hydrogens is 244 g/mol. The van der Waals surface area contributed by atoms with Crippen LogP contribution in [0.5, 0.6) is 0 Å². The molecule has 2 amide bonds. The van der Waals surface area contributed by atoms with Gasteiger partial charge in [-0.15, -0.1) is 0 Å². The number of nitrogens with zero attached hydrogens (tertiary/aromatic N) is 1. The van der Waals surface area contributed by atoms with E-state index in [0.29, 0.717) is 19.5 Å². The van der Waals surface area contributed by atoms with Gasteiger partial charge in [-0.25, -0.2) is 0 Å². The fourth-order valence-electron chi connectivity index (χ4n) is 2.91. The third kappa shape index (κ3) is 4.20. The molecule has 2 N–H and O–H groups in total. The van der Waals surface area contributed by atoms with Gasteiger partial charge in [0.1, 0.15) is 0 Å². The zero-order chi connectivity index (χ0) is 13.7. The molecule has 0 atom stereocenters. The van der Waals surface area contributed by atoms with Crippen molar-refractivity contribution in [2.24, 2.45) is 0 Å². The number of hydrogen-bond donors (Lipinski definition) is 2. The lowest BCUT2D eigenvalue weighted by atomic mass is 10.0. The maximum atomic E-state index is 11.9. The lowest BCUT2D eigenvalue weighted by Gasteiger charge is -2.24. The molecule has 0 unspecified atom stereocenters. The SMILES string of the molecule is O=C(CN1CCCCCC1=O)NCC1(O)CCCC1. The van der Waals surface area contributed by atoms with Crippen LogP contribution in [-0.4, -0.2) is 47.1 Å². The number of hydrogen-bond acceptors (Lipinski definition) is 3. The first kappa shape index (κ1) is 14.3. The molecule has 0 aromatic heterocycles. The van der Waals surface area contributed by atoms with E-state index in [4.69, 9.17) is 0 Å². The summed E-state index contributed by atoms with van der Waals surface area (Å²) in [7, 11) is 0. The van der Waals surface area contributed by atoms with Crippen LogP contribution in [0.15, 0.2) is 0 Å². The Bertz CT molecular complexity index is 338. The van der Waals surface area contributed by atoms with E-state index in [9.17, 15) is 14.7 Å². The number of rotatable bonds is 4. The van der Waals surface area contributed by atoms with Crippen LogP contribution in [0.4, 0.5) is 0 Å². The van der Waals surface area contributed by atoms with E-state index in [1.807, 2.05) is 0 Å². The van der Waals surface area contributed by atoms with Gasteiger partial charge < -0.3 is 15.3 Å². The predicted octanol–water partition coefficient (Wildman–Crippen LogP) is 0.810.